The summed E-state index contributed by atoms with van der Waals surface area (Å²) in [5, 5.41) is 8.79. The third-order valence-electron chi connectivity index (χ3n) is 2.02. The van der Waals surface area contributed by atoms with Crippen molar-refractivity contribution in [2.45, 2.75) is 6.04 Å². The van der Waals surface area contributed by atoms with Gasteiger partial charge in [0.2, 0.25) is 0 Å². The highest BCUT2D eigenvalue weighted by Gasteiger charge is 2.14. The molecule has 0 amide bonds. The number of hydrogen-bond donors (Lipinski definition) is 4. The van der Waals surface area contributed by atoms with Crippen LogP contribution in [0.1, 0.15) is 22.0 Å². The van der Waals surface area contributed by atoms with Crippen molar-refractivity contribution in [3.8, 4) is 0 Å². The van der Waals surface area contributed by atoms with Gasteiger partial charge in [-0.1, -0.05) is 12.1 Å². The van der Waals surface area contributed by atoms with E-state index in [0.717, 1.165) is 0 Å². The normalized spacial score (nSPS) is 12.4. The van der Waals surface area contributed by atoms with E-state index in [1.807, 2.05) is 0 Å². The Kier molecular flexibility index (Phi) is 3.06. The topological polar surface area (TPSA) is 115 Å². The molecule has 0 fully saturated rings. The van der Waals surface area contributed by atoms with E-state index in [0.29, 0.717) is 5.56 Å². The lowest BCUT2D eigenvalue weighted by Crippen LogP contribution is -2.22. The molecule has 0 aliphatic carbocycles. The van der Waals surface area contributed by atoms with E-state index in [1.165, 1.54) is 6.07 Å². The van der Waals surface area contributed by atoms with Crippen LogP contribution in [0, 0.1) is 0 Å². The molecular weight excluding hydrogens is 182 g/mol. The van der Waals surface area contributed by atoms with E-state index in [1.54, 1.807) is 12.1 Å². The van der Waals surface area contributed by atoms with Gasteiger partial charge in [0.1, 0.15) is 0 Å². The van der Waals surface area contributed by atoms with E-state index in [2.05, 4.69) is 0 Å². The second kappa shape index (κ2) is 4.08. The minimum atomic E-state index is -1.06. The van der Waals surface area contributed by atoms with Gasteiger partial charge < -0.3 is 22.3 Å². The van der Waals surface area contributed by atoms with Gasteiger partial charge in [-0.3, -0.25) is 0 Å². The fourth-order valence-corrected chi connectivity index (χ4v) is 1.22. The molecule has 1 atom stereocenters. The fourth-order valence-electron chi connectivity index (χ4n) is 1.22. The number of carbonyl (C=O) groups is 1. The Morgan fingerprint density at radius 2 is 2.14 bits per heavy atom. The predicted molar refractivity (Wildman–Crippen MR) is 53.8 cm³/mol. The van der Waals surface area contributed by atoms with Crippen molar-refractivity contribution < 1.29 is 9.90 Å². The Balaban J connectivity index is 3.20. The number of aromatic carboxylic acids is 1. The van der Waals surface area contributed by atoms with Crippen LogP contribution in [0.4, 0.5) is 5.69 Å². The van der Waals surface area contributed by atoms with Crippen molar-refractivity contribution in [2.24, 2.45) is 11.5 Å². The minimum absolute atomic E-state index is 0.0615. The molecule has 0 spiro atoms. The molecule has 1 aromatic carbocycles. The molecule has 5 heteroatoms. The van der Waals surface area contributed by atoms with Gasteiger partial charge in [0.15, 0.2) is 0 Å². The first-order chi connectivity index (χ1) is 6.57. The van der Waals surface area contributed by atoms with Gasteiger partial charge in [-0.15, -0.1) is 0 Å². The average molecular weight is 195 g/mol. The van der Waals surface area contributed by atoms with Crippen molar-refractivity contribution in [1.29, 1.82) is 0 Å². The summed E-state index contributed by atoms with van der Waals surface area (Å²) in [5.74, 6) is -1.06. The molecule has 0 aliphatic rings. The summed E-state index contributed by atoms with van der Waals surface area (Å²) >= 11 is 0. The Bertz CT molecular complexity index is 352. The van der Waals surface area contributed by atoms with Crippen molar-refractivity contribution in [3.05, 3.63) is 29.3 Å². The van der Waals surface area contributed by atoms with Gasteiger partial charge in [0.25, 0.3) is 0 Å². The molecule has 76 valence electrons. The summed E-state index contributed by atoms with van der Waals surface area (Å²) in [6.45, 7) is 0.229. The standard InChI is InChI=1S/C9H13N3O2/c10-4-7(11)5-2-1-3-6(8(5)12)9(13)14/h1-3,7H,4,10-12H2,(H,13,14)/t7-/m1/s1. The van der Waals surface area contributed by atoms with Crippen LogP contribution in [0.25, 0.3) is 0 Å². The molecule has 0 unspecified atom stereocenters. The summed E-state index contributed by atoms with van der Waals surface area (Å²) < 4.78 is 0. The molecule has 1 rings (SSSR count). The van der Waals surface area contributed by atoms with E-state index in [9.17, 15) is 4.79 Å². The van der Waals surface area contributed by atoms with Crippen LogP contribution in [0.2, 0.25) is 0 Å². The summed E-state index contributed by atoms with van der Waals surface area (Å²) in [7, 11) is 0. The first-order valence-electron chi connectivity index (χ1n) is 4.15. The Hall–Kier alpha value is -1.59. The molecule has 5 nitrogen and oxygen atoms in total. The van der Waals surface area contributed by atoms with Crippen LogP contribution in [-0.4, -0.2) is 17.6 Å². The number of benzene rings is 1. The lowest BCUT2D eigenvalue weighted by Gasteiger charge is -2.13. The van der Waals surface area contributed by atoms with Gasteiger partial charge >= 0.3 is 5.97 Å². The van der Waals surface area contributed by atoms with Crippen LogP contribution >= 0.6 is 0 Å². The first-order valence-corrected chi connectivity index (χ1v) is 4.15. The zero-order valence-electron chi connectivity index (χ0n) is 7.60. The van der Waals surface area contributed by atoms with Gasteiger partial charge in [-0.25, -0.2) is 4.79 Å². The maximum absolute atomic E-state index is 10.7. The fraction of sp³-hybridized carbons (Fsp3) is 0.222. The van der Waals surface area contributed by atoms with Gasteiger partial charge in [-0.2, -0.15) is 0 Å². The number of anilines is 1. The summed E-state index contributed by atoms with van der Waals surface area (Å²) in [6, 6.07) is 4.29. The maximum atomic E-state index is 10.7. The molecule has 0 aliphatic heterocycles. The third kappa shape index (κ3) is 1.84. The average Bonchev–Trinajstić information content (AvgIpc) is 2.16. The Morgan fingerprint density at radius 1 is 1.50 bits per heavy atom. The molecule has 1 aromatic rings. The molecule has 0 heterocycles. The quantitative estimate of drug-likeness (QED) is 0.504. The predicted octanol–water partition coefficient (Wildman–Crippen LogP) is -0.0745. The van der Waals surface area contributed by atoms with Crippen LogP contribution in [0.15, 0.2) is 18.2 Å². The molecular formula is C9H13N3O2. The highest BCUT2D eigenvalue weighted by atomic mass is 16.4. The lowest BCUT2D eigenvalue weighted by atomic mass is 10.0. The number of hydrogen-bond acceptors (Lipinski definition) is 4. The molecule has 0 saturated carbocycles. The van der Waals surface area contributed by atoms with Gasteiger partial charge in [0, 0.05) is 12.6 Å². The first kappa shape index (κ1) is 10.5. The smallest absolute Gasteiger partial charge is 0.337 e. The molecule has 7 N–H and O–H groups in total. The zero-order valence-corrected chi connectivity index (χ0v) is 7.60. The van der Waals surface area contributed by atoms with Crippen molar-refractivity contribution in [1.82, 2.24) is 0 Å². The van der Waals surface area contributed by atoms with Gasteiger partial charge in [-0.05, 0) is 11.6 Å². The lowest BCUT2D eigenvalue weighted by molar-refractivity contribution is 0.0698. The number of carboxylic acid groups (broad SMARTS) is 1. The van der Waals surface area contributed by atoms with Crippen molar-refractivity contribution >= 4 is 11.7 Å². The molecule has 14 heavy (non-hydrogen) atoms. The molecule has 0 radical (unpaired) electrons. The number of nitrogen functional groups attached to an aromatic ring is 1. The maximum Gasteiger partial charge on any atom is 0.337 e. The van der Waals surface area contributed by atoms with Crippen LogP contribution in [0.3, 0.4) is 0 Å². The van der Waals surface area contributed by atoms with E-state index in [4.69, 9.17) is 22.3 Å². The SMILES string of the molecule is NC[C@@H](N)c1cccc(C(=O)O)c1N. The van der Waals surface area contributed by atoms with Crippen molar-refractivity contribution in [3.63, 3.8) is 0 Å². The number of carboxylic acids is 1. The summed E-state index contributed by atoms with van der Waals surface area (Å²) in [5.41, 5.74) is 17.5. The van der Waals surface area contributed by atoms with Crippen LogP contribution in [0.5, 0.6) is 0 Å². The molecule has 0 aromatic heterocycles. The summed E-state index contributed by atoms with van der Waals surface area (Å²) in [6.07, 6.45) is 0. The highest BCUT2D eigenvalue weighted by Crippen LogP contribution is 2.21. The van der Waals surface area contributed by atoms with Crippen LogP contribution in [-0.2, 0) is 0 Å². The number of nitrogens with two attached hydrogens (primary N) is 3. The molecule has 0 bridgehead atoms. The highest BCUT2D eigenvalue weighted by molar-refractivity contribution is 5.94. The monoisotopic (exact) mass is 195 g/mol. The minimum Gasteiger partial charge on any atom is -0.478 e. The van der Waals surface area contributed by atoms with Crippen LogP contribution < -0.4 is 17.2 Å². The van der Waals surface area contributed by atoms with E-state index < -0.39 is 12.0 Å². The molecule has 0 saturated heterocycles. The van der Waals surface area contributed by atoms with Crippen molar-refractivity contribution in [2.75, 3.05) is 12.3 Å². The number of para-hydroxylation sites is 1. The number of rotatable bonds is 3. The van der Waals surface area contributed by atoms with Gasteiger partial charge in [0.05, 0.1) is 11.3 Å². The Morgan fingerprint density at radius 3 is 2.64 bits per heavy atom. The largest absolute Gasteiger partial charge is 0.478 e. The second-order valence-electron chi connectivity index (χ2n) is 2.96. The summed E-state index contributed by atoms with van der Waals surface area (Å²) in [4.78, 5) is 10.7. The Labute approximate surface area is 81.5 Å². The zero-order chi connectivity index (χ0) is 10.7. The van der Waals surface area contributed by atoms with E-state index in [-0.39, 0.29) is 17.8 Å². The van der Waals surface area contributed by atoms with E-state index >= 15 is 0 Å². The second-order valence-corrected chi connectivity index (χ2v) is 2.96. The third-order valence-corrected chi connectivity index (χ3v) is 2.02.